The van der Waals surface area contributed by atoms with Gasteiger partial charge in [-0.05, 0) is 42.4 Å². The van der Waals surface area contributed by atoms with Gasteiger partial charge in [0.25, 0.3) is 0 Å². The quantitative estimate of drug-likeness (QED) is 0.736. The maximum Gasteiger partial charge on any atom is 0.119 e. The van der Waals surface area contributed by atoms with Gasteiger partial charge in [0.1, 0.15) is 12.4 Å². The Morgan fingerprint density at radius 1 is 0.905 bits per heavy atom. The second-order valence-electron chi connectivity index (χ2n) is 4.70. The fourth-order valence-corrected chi connectivity index (χ4v) is 2.16. The first-order valence-electron chi connectivity index (χ1n) is 6.96. The normalized spacial score (nSPS) is 10.6. The van der Waals surface area contributed by atoms with E-state index in [0.717, 1.165) is 22.3 Å². The summed E-state index contributed by atoms with van der Waals surface area (Å²) in [6.07, 6.45) is 0. The van der Waals surface area contributed by atoms with Crippen molar-refractivity contribution in [2.45, 2.75) is 13.2 Å². The highest BCUT2D eigenvalue weighted by Gasteiger charge is 1.97. The first-order valence-corrected chi connectivity index (χ1v) is 7.76. The van der Waals surface area contributed by atoms with Crippen LogP contribution in [0.25, 0.3) is 0 Å². The third-order valence-corrected chi connectivity index (χ3v) is 3.51. The van der Waals surface area contributed by atoms with Gasteiger partial charge in [-0.2, -0.15) is 0 Å². The van der Waals surface area contributed by atoms with Crippen LogP contribution >= 0.6 is 15.9 Å². The largest absolute Gasteiger partial charge is 0.491 e. The van der Waals surface area contributed by atoms with Crippen LogP contribution in [0.2, 0.25) is 0 Å². The van der Waals surface area contributed by atoms with Crippen molar-refractivity contribution in [3.63, 3.8) is 0 Å². The van der Waals surface area contributed by atoms with Gasteiger partial charge >= 0.3 is 0 Å². The average molecular weight is 350 g/mol. The summed E-state index contributed by atoms with van der Waals surface area (Å²) in [5.41, 5.74) is 2.41. The zero-order valence-electron chi connectivity index (χ0n) is 12.1. The molecule has 0 radical (unpaired) electrons. The molecule has 2 rings (SSSR count). The smallest absolute Gasteiger partial charge is 0.119 e. The topological polar surface area (TPSA) is 30.5 Å². The van der Waals surface area contributed by atoms with Gasteiger partial charge in [-0.1, -0.05) is 40.2 Å². The summed E-state index contributed by atoms with van der Waals surface area (Å²) in [4.78, 5) is 0. The van der Waals surface area contributed by atoms with Gasteiger partial charge in [0.2, 0.25) is 0 Å². The lowest BCUT2D eigenvalue weighted by Gasteiger charge is -2.08. The lowest BCUT2D eigenvalue weighted by molar-refractivity contribution is 0.0889. The second kappa shape index (κ2) is 8.82. The molecule has 4 heteroatoms. The Morgan fingerprint density at radius 2 is 1.57 bits per heavy atom. The number of ether oxygens (including phenoxy) is 2. The van der Waals surface area contributed by atoms with Crippen molar-refractivity contribution in [1.82, 2.24) is 5.32 Å². The van der Waals surface area contributed by atoms with E-state index in [9.17, 15) is 0 Å². The molecule has 0 saturated heterocycles. The van der Waals surface area contributed by atoms with Gasteiger partial charge < -0.3 is 14.8 Å². The Balaban J connectivity index is 1.64. The third-order valence-electron chi connectivity index (χ3n) is 2.98. The molecular formula is C17H20BrNO2. The van der Waals surface area contributed by atoms with E-state index in [1.165, 1.54) is 5.56 Å². The minimum absolute atomic E-state index is 0.557. The first kappa shape index (κ1) is 16.0. The lowest BCUT2D eigenvalue weighted by Crippen LogP contribution is -2.07. The Bertz CT molecular complexity index is 525. The van der Waals surface area contributed by atoms with Crippen molar-refractivity contribution in [2.24, 2.45) is 0 Å². The molecule has 0 aromatic heterocycles. The van der Waals surface area contributed by atoms with Gasteiger partial charge in [-0.25, -0.2) is 0 Å². The Hall–Kier alpha value is -1.36. The summed E-state index contributed by atoms with van der Waals surface area (Å²) in [6.45, 7) is 2.62. The van der Waals surface area contributed by atoms with E-state index >= 15 is 0 Å². The summed E-state index contributed by atoms with van der Waals surface area (Å²) >= 11 is 3.41. The molecule has 3 nitrogen and oxygen atoms in total. The summed E-state index contributed by atoms with van der Waals surface area (Å²) in [6, 6.07) is 16.2. The molecule has 0 fully saturated rings. The van der Waals surface area contributed by atoms with Crippen molar-refractivity contribution >= 4 is 15.9 Å². The number of hydrogen-bond acceptors (Lipinski definition) is 3. The van der Waals surface area contributed by atoms with E-state index in [0.29, 0.717) is 19.8 Å². The van der Waals surface area contributed by atoms with Gasteiger partial charge in [-0.15, -0.1) is 0 Å². The Labute approximate surface area is 134 Å². The maximum atomic E-state index is 5.64. The molecule has 1 N–H and O–H groups in total. The van der Waals surface area contributed by atoms with Crippen LogP contribution < -0.4 is 10.1 Å². The van der Waals surface area contributed by atoms with Crippen LogP contribution in [0.15, 0.2) is 53.0 Å². The van der Waals surface area contributed by atoms with Crippen LogP contribution in [0.3, 0.4) is 0 Å². The molecule has 21 heavy (non-hydrogen) atoms. The molecule has 0 aliphatic rings. The standard InChI is InChI=1S/C17H20BrNO2/c1-19-12-14-4-8-17(9-5-14)21-11-10-20-13-15-2-6-16(18)7-3-15/h2-9,19H,10-13H2,1H3. The first-order chi connectivity index (χ1) is 10.3. The molecule has 0 aliphatic carbocycles. The lowest BCUT2D eigenvalue weighted by atomic mass is 10.2. The van der Waals surface area contributed by atoms with Crippen LogP contribution in [0.4, 0.5) is 0 Å². The summed E-state index contributed by atoms with van der Waals surface area (Å²) in [5, 5.41) is 3.12. The van der Waals surface area contributed by atoms with Crippen LogP contribution in [-0.4, -0.2) is 20.3 Å². The predicted molar refractivity (Wildman–Crippen MR) is 88.5 cm³/mol. The van der Waals surface area contributed by atoms with Crippen LogP contribution in [-0.2, 0) is 17.9 Å². The number of halogens is 1. The van der Waals surface area contributed by atoms with E-state index in [1.54, 1.807) is 0 Å². The maximum absolute atomic E-state index is 5.64. The zero-order chi connectivity index (χ0) is 14.9. The summed E-state index contributed by atoms with van der Waals surface area (Å²) < 4.78 is 12.3. The van der Waals surface area contributed by atoms with Crippen molar-refractivity contribution in [3.05, 3.63) is 64.1 Å². The minimum atomic E-state index is 0.557. The zero-order valence-corrected chi connectivity index (χ0v) is 13.7. The fourth-order valence-electron chi connectivity index (χ4n) is 1.90. The van der Waals surface area contributed by atoms with Crippen molar-refractivity contribution in [1.29, 1.82) is 0 Å². The van der Waals surface area contributed by atoms with Crippen LogP contribution in [0.5, 0.6) is 5.75 Å². The Kier molecular flexibility index (Phi) is 6.73. The SMILES string of the molecule is CNCc1ccc(OCCOCc2ccc(Br)cc2)cc1. The highest BCUT2D eigenvalue weighted by atomic mass is 79.9. The molecule has 0 heterocycles. The average Bonchev–Trinajstić information content (AvgIpc) is 2.51. The number of nitrogens with one attached hydrogen (secondary N) is 1. The van der Waals surface area contributed by atoms with Crippen LogP contribution in [0.1, 0.15) is 11.1 Å². The van der Waals surface area contributed by atoms with Gasteiger partial charge in [0, 0.05) is 11.0 Å². The molecule has 0 saturated carbocycles. The molecule has 0 unspecified atom stereocenters. The third kappa shape index (κ3) is 5.87. The molecule has 0 bridgehead atoms. The minimum Gasteiger partial charge on any atom is -0.491 e. The molecule has 2 aromatic carbocycles. The van der Waals surface area contributed by atoms with Crippen molar-refractivity contribution < 1.29 is 9.47 Å². The Morgan fingerprint density at radius 3 is 2.24 bits per heavy atom. The summed E-state index contributed by atoms with van der Waals surface area (Å²) in [5.74, 6) is 0.877. The predicted octanol–water partition coefficient (Wildman–Crippen LogP) is 3.76. The van der Waals surface area contributed by atoms with E-state index in [2.05, 4.69) is 33.4 Å². The molecule has 112 valence electrons. The molecular weight excluding hydrogens is 330 g/mol. The second-order valence-corrected chi connectivity index (χ2v) is 5.62. The molecule has 0 amide bonds. The monoisotopic (exact) mass is 349 g/mol. The highest BCUT2D eigenvalue weighted by molar-refractivity contribution is 9.10. The molecule has 0 atom stereocenters. The van der Waals surface area contributed by atoms with Gasteiger partial charge in [0.05, 0.1) is 13.2 Å². The van der Waals surface area contributed by atoms with Gasteiger partial charge in [-0.3, -0.25) is 0 Å². The number of benzene rings is 2. The number of rotatable bonds is 8. The van der Waals surface area contributed by atoms with E-state index in [1.807, 2.05) is 43.4 Å². The van der Waals surface area contributed by atoms with Crippen molar-refractivity contribution in [3.8, 4) is 5.75 Å². The summed E-state index contributed by atoms with van der Waals surface area (Å²) in [7, 11) is 1.94. The van der Waals surface area contributed by atoms with Crippen LogP contribution in [0, 0.1) is 0 Å². The molecule has 0 spiro atoms. The van der Waals surface area contributed by atoms with Crippen molar-refractivity contribution in [2.75, 3.05) is 20.3 Å². The van der Waals surface area contributed by atoms with E-state index in [4.69, 9.17) is 9.47 Å². The highest BCUT2D eigenvalue weighted by Crippen LogP contribution is 2.13. The van der Waals surface area contributed by atoms with Gasteiger partial charge in [0.15, 0.2) is 0 Å². The molecule has 0 aliphatic heterocycles. The fraction of sp³-hybridized carbons (Fsp3) is 0.294. The molecule has 2 aromatic rings. The van der Waals surface area contributed by atoms with E-state index < -0.39 is 0 Å². The van der Waals surface area contributed by atoms with E-state index in [-0.39, 0.29) is 0 Å². The number of hydrogen-bond donors (Lipinski definition) is 1.